The second-order valence-electron chi connectivity index (χ2n) is 4.22. The number of carbonyl (C=O) groups excluding carboxylic acids is 1. The molecule has 0 bridgehead atoms. The van der Waals surface area contributed by atoms with Crippen molar-refractivity contribution in [3.05, 3.63) is 30.4 Å². The molecule has 0 aliphatic rings. The summed E-state index contributed by atoms with van der Waals surface area (Å²) < 4.78 is 0.840. The number of hydrogen-bond acceptors (Lipinski definition) is 6. The molecule has 0 aromatic carbocycles. The summed E-state index contributed by atoms with van der Waals surface area (Å²) in [5.74, 6) is -0.0478. The number of carbonyl (C=O) groups is 2. The number of carboxylic acid groups (broad SMARTS) is 1. The first-order chi connectivity index (χ1) is 10.1. The minimum Gasteiger partial charge on any atom is -0.464 e. The fourth-order valence-corrected chi connectivity index (χ4v) is 1.70. The number of rotatable bonds is 5. The second kappa shape index (κ2) is 6.46. The molecule has 4 N–H and O–H groups in total. The van der Waals surface area contributed by atoms with E-state index in [2.05, 4.69) is 20.3 Å². The first kappa shape index (κ1) is 14.4. The SMILES string of the molecule is Nc1nc(CCCC(=O)Nc2ncccn2)cn1C(=O)O. The highest BCUT2D eigenvalue weighted by molar-refractivity contribution is 5.88. The van der Waals surface area contributed by atoms with Crippen molar-refractivity contribution in [2.24, 2.45) is 0 Å². The lowest BCUT2D eigenvalue weighted by Gasteiger charge is -2.01. The zero-order chi connectivity index (χ0) is 15.2. The molecule has 0 aliphatic heterocycles. The molecular formula is C12H14N6O3. The van der Waals surface area contributed by atoms with E-state index in [9.17, 15) is 9.59 Å². The predicted molar refractivity (Wildman–Crippen MR) is 73.7 cm³/mol. The van der Waals surface area contributed by atoms with Crippen molar-refractivity contribution >= 4 is 23.9 Å². The number of amides is 1. The molecule has 0 radical (unpaired) electrons. The fraction of sp³-hybridized carbons (Fsp3) is 0.250. The number of hydrogen-bond donors (Lipinski definition) is 3. The van der Waals surface area contributed by atoms with E-state index in [4.69, 9.17) is 10.8 Å². The van der Waals surface area contributed by atoms with Crippen molar-refractivity contribution in [3.63, 3.8) is 0 Å². The highest BCUT2D eigenvalue weighted by Crippen LogP contribution is 2.09. The van der Waals surface area contributed by atoms with E-state index < -0.39 is 6.09 Å². The molecule has 21 heavy (non-hydrogen) atoms. The number of imidazole rings is 1. The van der Waals surface area contributed by atoms with Gasteiger partial charge in [-0.05, 0) is 18.9 Å². The van der Waals surface area contributed by atoms with Crippen LogP contribution in [-0.2, 0) is 11.2 Å². The quantitative estimate of drug-likeness (QED) is 0.738. The van der Waals surface area contributed by atoms with Gasteiger partial charge in [0.2, 0.25) is 17.8 Å². The Hall–Kier alpha value is -2.97. The number of nitrogens with one attached hydrogen (secondary N) is 1. The Kier molecular flexibility index (Phi) is 4.44. The molecule has 0 spiro atoms. The van der Waals surface area contributed by atoms with Crippen molar-refractivity contribution in [2.75, 3.05) is 11.1 Å². The van der Waals surface area contributed by atoms with Crippen LogP contribution in [0, 0.1) is 0 Å². The van der Waals surface area contributed by atoms with E-state index in [-0.39, 0.29) is 24.2 Å². The summed E-state index contributed by atoms with van der Waals surface area (Å²) in [6, 6.07) is 1.65. The van der Waals surface area contributed by atoms with Crippen molar-refractivity contribution < 1.29 is 14.7 Å². The van der Waals surface area contributed by atoms with E-state index in [1.807, 2.05) is 0 Å². The summed E-state index contributed by atoms with van der Waals surface area (Å²) in [5.41, 5.74) is 5.98. The first-order valence-electron chi connectivity index (χ1n) is 6.20. The topological polar surface area (TPSA) is 136 Å². The Morgan fingerprint density at radius 2 is 2.05 bits per heavy atom. The average Bonchev–Trinajstić information content (AvgIpc) is 2.81. The Morgan fingerprint density at radius 3 is 2.67 bits per heavy atom. The monoisotopic (exact) mass is 290 g/mol. The van der Waals surface area contributed by atoms with Gasteiger partial charge in [-0.3, -0.25) is 10.1 Å². The highest BCUT2D eigenvalue weighted by Gasteiger charge is 2.11. The predicted octanol–water partition coefficient (Wildman–Crippen LogP) is 0.743. The van der Waals surface area contributed by atoms with Crippen LogP contribution in [0.5, 0.6) is 0 Å². The third-order valence-electron chi connectivity index (χ3n) is 2.64. The lowest BCUT2D eigenvalue weighted by atomic mass is 10.2. The summed E-state index contributed by atoms with van der Waals surface area (Å²) in [7, 11) is 0. The minimum atomic E-state index is -1.19. The molecule has 0 saturated carbocycles. The van der Waals surface area contributed by atoms with Crippen LogP contribution in [0.4, 0.5) is 16.7 Å². The molecule has 110 valence electrons. The largest absolute Gasteiger partial charge is 0.464 e. The van der Waals surface area contributed by atoms with E-state index in [0.29, 0.717) is 18.5 Å². The van der Waals surface area contributed by atoms with Gasteiger partial charge >= 0.3 is 6.09 Å². The van der Waals surface area contributed by atoms with E-state index in [1.54, 1.807) is 6.07 Å². The summed E-state index contributed by atoms with van der Waals surface area (Å²) in [4.78, 5) is 34.1. The van der Waals surface area contributed by atoms with Crippen LogP contribution in [0.25, 0.3) is 0 Å². The number of nitrogens with zero attached hydrogens (tertiary/aromatic N) is 4. The molecule has 1 amide bonds. The molecule has 0 unspecified atom stereocenters. The molecule has 0 atom stereocenters. The number of anilines is 2. The van der Waals surface area contributed by atoms with Gasteiger partial charge in [-0.25, -0.2) is 24.3 Å². The summed E-state index contributed by atoms with van der Waals surface area (Å²) in [6.45, 7) is 0. The highest BCUT2D eigenvalue weighted by atomic mass is 16.4. The van der Waals surface area contributed by atoms with Gasteiger partial charge < -0.3 is 10.8 Å². The van der Waals surface area contributed by atoms with Crippen molar-refractivity contribution in [2.45, 2.75) is 19.3 Å². The van der Waals surface area contributed by atoms with Gasteiger partial charge in [0, 0.05) is 25.0 Å². The zero-order valence-electron chi connectivity index (χ0n) is 11.1. The van der Waals surface area contributed by atoms with Gasteiger partial charge in [-0.1, -0.05) is 0 Å². The molecule has 9 heteroatoms. The van der Waals surface area contributed by atoms with Gasteiger partial charge in [0.1, 0.15) is 0 Å². The van der Waals surface area contributed by atoms with Gasteiger partial charge in [0.25, 0.3) is 0 Å². The van der Waals surface area contributed by atoms with Gasteiger partial charge in [-0.15, -0.1) is 0 Å². The summed E-state index contributed by atoms with van der Waals surface area (Å²) in [5, 5.41) is 11.4. The van der Waals surface area contributed by atoms with Crippen LogP contribution in [0.1, 0.15) is 18.5 Å². The molecule has 2 aromatic rings. The Labute approximate surface area is 119 Å². The summed E-state index contributed by atoms with van der Waals surface area (Å²) >= 11 is 0. The van der Waals surface area contributed by atoms with Crippen LogP contribution in [-0.4, -0.2) is 36.6 Å². The maximum Gasteiger partial charge on any atom is 0.418 e. The number of aromatic nitrogens is 4. The van der Waals surface area contributed by atoms with Crippen LogP contribution >= 0.6 is 0 Å². The molecular weight excluding hydrogens is 276 g/mol. The average molecular weight is 290 g/mol. The molecule has 2 heterocycles. The summed E-state index contributed by atoms with van der Waals surface area (Å²) in [6.07, 6.45) is 4.43. The maximum absolute atomic E-state index is 11.6. The van der Waals surface area contributed by atoms with Crippen molar-refractivity contribution in [3.8, 4) is 0 Å². The van der Waals surface area contributed by atoms with E-state index in [1.165, 1.54) is 18.6 Å². The molecule has 9 nitrogen and oxygen atoms in total. The van der Waals surface area contributed by atoms with Crippen LogP contribution in [0.15, 0.2) is 24.7 Å². The fourth-order valence-electron chi connectivity index (χ4n) is 1.70. The normalized spacial score (nSPS) is 10.3. The van der Waals surface area contributed by atoms with Crippen LogP contribution in [0.3, 0.4) is 0 Å². The lowest BCUT2D eigenvalue weighted by molar-refractivity contribution is -0.116. The van der Waals surface area contributed by atoms with Crippen molar-refractivity contribution in [1.29, 1.82) is 0 Å². The second-order valence-corrected chi connectivity index (χ2v) is 4.22. The Balaban J connectivity index is 1.80. The maximum atomic E-state index is 11.6. The van der Waals surface area contributed by atoms with Crippen molar-refractivity contribution in [1.82, 2.24) is 19.5 Å². The third-order valence-corrected chi connectivity index (χ3v) is 2.64. The van der Waals surface area contributed by atoms with E-state index in [0.717, 1.165) is 4.57 Å². The third kappa shape index (κ3) is 4.00. The smallest absolute Gasteiger partial charge is 0.418 e. The lowest BCUT2D eigenvalue weighted by Crippen LogP contribution is -2.13. The van der Waals surface area contributed by atoms with Crippen LogP contribution < -0.4 is 11.1 Å². The first-order valence-corrected chi connectivity index (χ1v) is 6.20. The van der Waals surface area contributed by atoms with Gasteiger partial charge in [0.05, 0.1) is 5.69 Å². The van der Waals surface area contributed by atoms with Crippen LogP contribution in [0.2, 0.25) is 0 Å². The molecule has 2 aromatic heterocycles. The zero-order valence-corrected chi connectivity index (χ0v) is 11.1. The number of nitrogens with two attached hydrogens (primary N) is 1. The molecule has 0 fully saturated rings. The number of nitrogen functional groups attached to an aromatic ring is 1. The van der Waals surface area contributed by atoms with E-state index >= 15 is 0 Å². The Bertz CT molecular complexity index is 640. The minimum absolute atomic E-state index is 0.0837. The Morgan fingerprint density at radius 1 is 1.33 bits per heavy atom. The van der Waals surface area contributed by atoms with Gasteiger partial charge in [0.15, 0.2) is 0 Å². The van der Waals surface area contributed by atoms with Gasteiger partial charge in [-0.2, -0.15) is 0 Å². The molecule has 0 saturated heterocycles. The molecule has 0 aliphatic carbocycles. The molecule has 2 rings (SSSR count). The standard InChI is InChI=1S/C12H14N6O3/c13-10-16-8(7-18(10)12(20)21)3-1-4-9(19)17-11-14-5-2-6-15-11/h2,5-7H,1,3-4H2,(H2,13,16)(H,20,21)(H,14,15,17,19). The number of aryl methyl sites for hydroxylation is 1.